The molecule has 0 amide bonds. The number of hydrogen-bond acceptors (Lipinski definition) is 3. The zero-order valence-corrected chi connectivity index (χ0v) is 14.2. The third-order valence-corrected chi connectivity index (χ3v) is 6.05. The Hall–Kier alpha value is -1.16. The summed E-state index contributed by atoms with van der Waals surface area (Å²) >= 11 is 6.20. The second-order valence-corrected chi connectivity index (χ2v) is 7.40. The second-order valence-electron chi connectivity index (χ2n) is 7.01. The van der Waals surface area contributed by atoms with Crippen LogP contribution < -0.4 is 0 Å². The summed E-state index contributed by atoms with van der Waals surface area (Å²) in [5.41, 5.74) is 1.78. The monoisotopic (exact) mass is 330 g/mol. The Morgan fingerprint density at radius 2 is 2.22 bits per heavy atom. The molecule has 2 aromatic rings. The number of benzene rings is 1. The van der Waals surface area contributed by atoms with E-state index in [1.807, 2.05) is 30.3 Å². The number of rotatable bonds is 3. The molecule has 5 rings (SSSR count). The van der Waals surface area contributed by atoms with E-state index in [4.69, 9.17) is 11.6 Å². The largest absolute Gasteiger partial charge is 0.387 e. The molecule has 3 aliphatic heterocycles. The second kappa shape index (κ2) is 6.04. The van der Waals surface area contributed by atoms with Crippen molar-refractivity contribution in [2.45, 2.75) is 38.3 Å². The lowest BCUT2D eigenvalue weighted by Crippen LogP contribution is -2.55. The van der Waals surface area contributed by atoms with Gasteiger partial charge in [0.05, 0.1) is 11.6 Å². The minimum atomic E-state index is -0.499. The van der Waals surface area contributed by atoms with Crippen molar-refractivity contribution in [2.75, 3.05) is 13.1 Å². The van der Waals surface area contributed by atoms with Crippen molar-refractivity contribution in [3.8, 4) is 0 Å². The van der Waals surface area contributed by atoms with Crippen LogP contribution in [0.15, 0.2) is 30.3 Å². The first kappa shape index (κ1) is 15.4. The summed E-state index contributed by atoms with van der Waals surface area (Å²) in [6.45, 7) is 4.52. The van der Waals surface area contributed by atoms with E-state index in [2.05, 4.69) is 16.8 Å². The molecule has 5 atom stereocenters. The molecular formula is C19H23ClN2O. The van der Waals surface area contributed by atoms with Gasteiger partial charge in [-0.05, 0) is 48.9 Å². The molecule has 0 spiro atoms. The van der Waals surface area contributed by atoms with Crippen LogP contribution >= 0.6 is 11.6 Å². The number of aliphatic hydroxyl groups is 1. The van der Waals surface area contributed by atoms with Crippen LogP contribution in [0.1, 0.15) is 37.9 Å². The van der Waals surface area contributed by atoms with E-state index in [9.17, 15) is 5.11 Å². The van der Waals surface area contributed by atoms with Crippen molar-refractivity contribution < 1.29 is 5.11 Å². The predicted octanol–water partition coefficient (Wildman–Crippen LogP) is 4.04. The van der Waals surface area contributed by atoms with E-state index in [1.165, 1.54) is 12.8 Å². The topological polar surface area (TPSA) is 36.4 Å². The van der Waals surface area contributed by atoms with Crippen LogP contribution in [0.2, 0.25) is 5.15 Å². The van der Waals surface area contributed by atoms with Gasteiger partial charge in [0.1, 0.15) is 5.15 Å². The van der Waals surface area contributed by atoms with E-state index in [0.29, 0.717) is 5.15 Å². The normalized spacial score (nSPS) is 31.4. The first-order chi connectivity index (χ1) is 11.2. The third kappa shape index (κ3) is 2.65. The average molecular weight is 331 g/mol. The highest BCUT2D eigenvalue weighted by Crippen LogP contribution is 2.42. The highest BCUT2D eigenvalue weighted by Gasteiger charge is 2.42. The number of para-hydroxylation sites is 1. The number of aliphatic hydroxyl groups excluding tert-OH is 1. The molecule has 3 aliphatic rings. The molecule has 3 nitrogen and oxygen atoms in total. The maximum atomic E-state index is 11.1. The summed E-state index contributed by atoms with van der Waals surface area (Å²) in [5.74, 6) is 1.55. The lowest BCUT2D eigenvalue weighted by molar-refractivity contribution is -0.0562. The molecule has 4 heterocycles. The SMILES string of the molecule is CC[C@H]1CN2CC[C@H]1C[C@@H]2C(O)c1cc(Cl)nc2ccccc12. The van der Waals surface area contributed by atoms with E-state index in [0.717, 1.165) is 47.8 Å². The fraction of sp³-hybridized carbons (Fsp3) is 0.526. The van der Waals surface area contributed by atoms with Gasteiger partial charge in [0.15, 0.2) is 0 Å². The van der Waals surface area contributed by atoms with Crippen molar-refractivity contribution in [1.29, 1.82) is 0 Å². The summed E-state index contributed by atoms with van der Waals surface area (Å²) < 4.78 is 0. The molecule has 2 unspecified atom stereocenters. The first-order valence-corrected chi connectivity index (χ1v) is 9.02. The van der Waals surface area contributed by atoms with Gasteiger partial charge in [-0.2, -0.15) is 0 Å². The molecule has 1 aromatic carbocycles. The molecular weight excluding hydrogens is 308 g/mol. The Balaban J connectivity index is 1.69. The Morgan fingerprint density at radius 1 is 1.39 bits per heavy atom. The van der Waals surface area contributed by atoms with Gasteiger partial charge in [-0.1, -0.05) is 43.1 Å². The molecule has 122 valence electrons. The van der Waals surface area contributed by atoms with Crippen LogP contribution in [-0.2, 0) is 0 Å². The van der Waals surface area contributed by atoms with E-state index in [1.54, 1.807) is 0 Å². The van der Waals surface area contributed by atoms with Gasteiger partial charge in [0, 0.05) is 18.0 Å². The molecule has 3 saturated heterocycles. The summed E-state index contributed by atoms with van der Waals surface area (Å²) in [5, 5.41) is 12.6. The van der Waals surface area contributed by atoms with Crippen LogP contribution in [0.5, 0.6) is 0 Å². The minimum Gasteiger partial charge on any atom is -0.387 e. The van der Waals surface area contributed by atoms with Gasteiger partial charge >= 0.3 is 0 Å². The molecule has 1 aromatic heterocycles. The quantitative estimate of drug-likeness (QED) is 0.863. The van der Waals surface area contributed by atoms with Gasteiger partial charge in [-0.25, -0.2) is 4.98 Å². The third-order valence-electron chi connectivity index (χ3n) is 5.86. The van der Waals surface area contributed by atoms with Crippen molar-refractivity contribution in [3.05, 3.63) is 41.0 Å². The average Bonchev–Trinajstić information content (AvgIpc) is 2.60. The number of pyridine rings is 1. The van der Waals surface area contributed by atoms with Crippen molar-refractivity contribution in [3.63, 3.8) is 0 Å². The number of hydrogen-bond donors (Lipinski definition) is 1. The minimum absolute atomic E-state index is 0.207. The van der Waals surface area contributed by atoms with Gasteiger partial charge < -0.3 is 5.11 Å². The molecule has 23 heavy (non-hydrogen) atoms. The smallest absolute Gasteiger partial charge is 0.130 e. The number of halogens is 1. The lowest BCUT2D eigenvalue weighted by atomic mass is 9.72. The fourth-order valence-corrected chi connectivity index (χ4v) is 4.80. The zero-order chi connectivity index (χ0) is 16.0. The van der Waals surface area contributed by atoms with Gasteiger partial charge in [-0.15, -0.1) is 0 Å². The lowest BCUT2D eigenvalue weighted by Gasteiger charge is -2.51. The molecule has 3 fully saturated rings. The van der Waals surface area contributed by atoms with Gasteiger partial charge in [-0.3, -0.25) is 4.90 Å². The van der Waals surface area contributed by atoms with Crippen LogP contribution in [0.4, 0.5) is 0 Å². The predicted molar refractivity (Wildman–Crippen MR) is 93.6 cm³/mol. The van der Waals surface area contributed by atoms with Crippen molar-refractivity contribution in [1.82, 2.24) is 9.88 Å². The summed E-state index contributed by atoms with van der Waals surface area (Å²) in [4.78, 5) is 6.87. The number of aromatic nitrogens is 1. The van der Waals surface area contributed by atoms with Crippen LogP contribution in [0, 0.1) is 11.8 Å². The summed E-state index contributed by atoms with van der Waals surface area (Å²) in [7, 11) is 0. The van der Waals surface area contributed by atoms with Crippen molar-refractivity contribution in [2.24, 2.45) is 11.8 Å². The van der Waals surface area contributed by atoms with Crippen LogP contribution in [0.25, 0.3) is 10.9 Å². The maximum absolute atomic E-state index is 11.1. The molecule has 2 bridgehead atoms. The zero-order valence-electron chi connectivity index (χ0n) is 13.5. The summed E-state index contributed by atoms with van der Waals surface area (Å²) in [6.07, 6.45) is 3.11. The van der Waals surface area contributed by atoms with Crippen LogP contribution in [-0.4, -0.2) is 34.1 Å². The van der Waals surface area contributed by atoms with Crippen molar-refractivity contribution >= 4 is 22.5 Å². The molecule has 0 radical (unpaired) electrons. The fourth-order valence-electron chi connectivity index (χ4n) is 4.59. The van der Waals surface area contributed by atoms with E-state index >= 15 is 0 Å². The highest BCUT2D eigenvalue weighted by atomic mass is 35.5. The van der Waals surface area contributed by atoms with Gasteiger partial charge in [0.2, 0.25) is 0 Å². The molecule has 1 N–H and O–H groups in total. The Morgan fingerprint density at radius 3 is 2.96 bits per heavy atom. The number of fused-ring (bicyclic) bond motifs is 4. The summed E-state index contributed by atoms with van der Waals surface area (Å²) in [6, 6.07) is 9.99. The Labute approximate surface area is 142 Å². The molecule has 0 saturated carbocycles. The van der Waals surface area contributed by atoms with Crippen LogP contribution in [0.3, 0.4) is 0 Å². The molecule has 0 aliphatic carbocycles. The van der Waals surface area contributed by atoms with Gasteiger partial charge in [0.25, 0.3) is 0 Å². The van der Waals surface area contributed by atoms with E-state index in [-0.39, 0.29) is 6.04 Å². The first-order valence-electron chi connectivity index (χ1n) is 8.64. The standard InChI is InChI=1S/C19H23ClN2O/c1-2-12-11-22-8-7-13(12)9-17(22)19(23)15-10-18(20)21-16-6-4-3-5-14(15)16/h3-6,10,12-13,17,19,23H,2,7-9,11H2,1H3/t12-,13-,17+,19?/m0/s1. The number of nitrogens with zero attached hydrogens (tertiary/aromatic N) is 2. The number of piperidine rings is 3. The maximum Gasteiger partial charge on any atom is 0.130 e. The highest BCUT2D eigenvalue weighted by molar-refractivity contribution is 6.29. The molecule has 4 heteroatoms. The van der Waals surface area contributed by atoms with E-state index < -0.39 is 6.10 Å². The Kier molecular flexibility index (Phi) is 4.04. The Bertz CT molecular complexity index is 720.